The third-order valence-electron chi connectivity index (χ3n) is 3.40. The van der Waals surface area contributed by atoms with Gasteiger partial charge < -0.3 is 14.6 Å². The fourth-order valence-electron chi connectivity index (χ4n) is 2.49. The maximum Gasteiger partial charge on any atom is 0.310 e. The average molecular weight is 296 g/mol. The van der Waals surface area contributed by atoms with E-state index in [1.807, 2.05) is 20.8 Å². The highest BCUT2D eigenvalue weighted by Crippen LogP contribution is 2.49. The van der Waals surface area contributed by atoms with Crippen molar-refractivity contribution in [2.24, 2.45) is 0 Å². The molecule has 2 aliphatic rings. The zero-order valence-corrected chi connectivity index (χ0v) is 12.3. The number of phenolic OH excluding ortho intramolecular Hbond substituents is 1. The number of carbonyl (C=O) groups is 1. The summed E-state index contributed by atoms with van der Waals surface area (Å²) in [6.45, 7) is 5.49. The molecule has 2 aliphatic heterocycles. The molecule has 20 heavy (non-hydrogen) atoms. The third kappa shape index (κ3) is 1.90. The van der Waals surface area contributed by atoms with E-state index in [4.69, 9.17) is 9.47 Å². The summed E-state index contributed by atoms with van der Waals surface area (Å²) in [6, 6.07) is 3.10. The molecule has 1 N–H and O–H groups in total. The van der Waals surface area contributed by atoms with Crippen LogP contribution in [0.1, 0.15) is 38.9 Å². The molecule has 0 bridgehead atoms. The second-order valence-corrected chi connectivity index (χ2v) is 8.15. The highest BCUT2D eigenvalue weighted by molar-refractivity contribution is 7.86. The van der Waals surface area contributed by atoms with Gasteiger partial charge in [0.1, 0.15) is 11.5 Å². The van der Waals surface area contributed by atoms with E-state index >= 15 is 0 Å². The molecular formula is C14H16O5S. The molecule has 1 aromatic carbocycles. The van der Waals surface area contributed by atoms with Crippen LogP contribution in [0, 0.1) is 0 Å². The number of ether oxygens (including phenoxy) is 2. The number of phenols is 1. The summed E-state index contributed by atoms with van der Waals surface area (Å²) in [6.07, 6.45) is -0.761. The second kappa shape index (κ2) is 4.22. The fraction of sp³-hybridized carbons (Fsp3) is 0.500. The molecule has 1 unspecified atom stereocenters. The van der Waals surface area contributed by atoms with E-state index in [-0.39, 0.29) is 24.2 Å². The first kappa shape index (κ1) is 13.4. The zero-order valence-electron chi connectivity index (χ0n) is 11.5. The second-order valence-electron chi connectivity index (χ2n) is 5.98. The van der Waals surface area contributed by atoms with Gasteiger partial charge in [0, 0.05) is 4.75 Å². The fourth-order valence-corrected chi connectivity index (χ4v) is 3.78. The summed E-state index contributed by atoms with van der Waals surface area (Å²) in [7, 11) is -1.44. The minimum Gasteiger partial charge on any atom is -0.507 e. The Bertz CT molecular complexity index is 617. The monoisotopic (exact) mass is 296 g/mol. The van der Waals surface area contributed by atoms with Gasteiger partial charge in [0.2, 0.25) is 0 Å². The minimum atomic E-state index is -1.44. The van der Waals surface area contributed by atoms with E-state index in [0.717, 1.165) is 0 Å². The summed E-state index contributed by atoms with van der Waals surface area (Å²) in [5.74, 6) is 0.156. The first-order valence-electron chi connectivity index (χ1n) is 6.43. The Hall–Kier alpha value is -1.56. The topological polar surface area (TPSA) is 72.8 Å². The SMILES string of the molecule is CC(C)(C)S(=O)c1c(O)ccc2c1[C@@H]1OC(=O)C[C@@H]1O2. The van der Waals surface area contributed by atoms with Crippen molar-refractivity contribution in [2.75, 3.05) is 0 Å². The minimum absolute atomic E-state index is 0.0517. The molecule has 3 rings (SSSR count). The van der Waals surface area contributed by atoms with E-state index in [9.17, 15) is 14.1 Å². The maximum absolute atomic E-state index is 12.7. The number of esters is 1. The highest BCUT2D eigenvalue weighted by Gasteiger charge is 2.47. The number of benzene rings is 1. The molecule has 1 aromatic rings. The Kier molecular flexibility index (Phi) is 2.83. The molecule has 3 atom stereocenters. The van der Waals surface area contributed by atoms with Gasteiger partial charge in [0.15, 0.2) is 12.2 Å². The quantitative estimate of drug-likeness (QED) is 0.803. The predicted molar refractivity (Wildman–Crippen MR) is 72.1 cm³/mol. The Morgan fingerprint density at radius 3 is 2.65 bits per heavy atom. The van der Waals surface area contributed by atoms with Crippen LogP contribution in [0.15, 0.2) is 17.0 Å². The molecule has 6 heteroatoms. The smallest absolute Gasteiger partial charge is 0.310 e. The molecule has 5 nitrogen and oxygen atoms in total. The summed E-state index contributed by atoms with van der Waals surface area (Å²) in [5.41, 5.74) is 0.550. The molecule has 1 fully saturated rings. The van der Waals surface area contributed by atoms with Gasteiger partial charge >= 0.3 is 5.97 Å². The number of carbonyl (C=O) groups excluding carboxylic acids is 1. The van der Waals surface area contributed by atoms with Gasteiger partial charge in [-0.15, -0.1) is 0 Å². The van der Waals surface area contributed by atoms with Crippen LogP contribution in [0.5, 0.6) is 11.5 Å². The predicted octanol–water partition coefficient (Wildman–Crippen LogP) is 2.05. The molecule has 0 saturated carbocycles. The number of hydrogen-bond acceptors (Lipinski definition) is 5. The Labute approximate surface area is 119 Å². The van der Waals surface area contributed by atoms with Crippen LogP contribution in [-0.4, -0.2) is 26.1 Å². The van der Waals surface area contributed by atoms with Crippen LogP contribution in [0.2, 0.25) is 0 Å². The highest BCUT2D eigenvalue weighted by atomic mass is 32.2. The van der Waals surface area contributed by atoms with E-state index in [0.29, 0.717) is 16.2 Å². The Morgan fingerprint density at radius 2 is 2.00 bits per heavy atom. The van der Waals surface area contributed by atoms with Gasteiger partial charge in [-0.05, 0) is 32.9 Å². The normalized spacial score (nSPS) is 25.6. The van der Waals surface area contributed by atoms with Crippen molar-refractivity contribution in [3.8, 4) is 11.5 Å². The van der Waals surface area contributed by atoms with Crippen molar-refractivity contribution >= 4 is 16.8 Å². The molecule has 0 aromatic heterocycles. The van der Waals surface area contributed by atoms with E-state index in [2.05, 4.69) is 0 Å². The van der Waals surface area contributed by atoms with Crippen LogP contribution in [0.3, 0.4) is 0 Å². The lowest BCUT2D eigenvalue weighted by molar-refractivity contribution is -0.141. The van der Waals surface area contributed by atoms with Crippen LogP contribution >= 0.6 is 0 Å². The first-order valence-corrected chi connectivity index (χ1v) is 7.58. The van der Waals surface area contributed by atoms with Gasteiger partial charge in [-0.2, -0.15) is 0 Å². The van der Waals surface area contributed by atoms with Crippen molar-refractivity contribution in [3.05, 3.63) is 17.7 Å². The summed E-state index contributed by atoms with van der Waals surface area (Å²) < 4.78 is 23.1. The van der Waals surface area contributed by atoms with Crippen LogP contribution in [0.4, 0.5) is 0 Å². The molecule has 1 saturated heterocycles. The van der Waals surface area contributed by atoms with Gasteiger partial charge in [-0.25, -0.2) is 0 Å². The summed E-state index contributed by atoms with van der Waals surface area (Å²) >= 11 is 0. The Balaban J connectivity index is 2.16. The molecular weight excluding hydrogens is 280 g/mol. The standard InChI is InChI=1S/C14H16O5S/c1-14(2,3)20(17)13-7(15)4-5-8-11(13)12-9(18-8)6-10(16)19-12/h4-5,9,12,15H,6H2,1-3H3/t9-,12+,20?/m0/s1. The molecule has 0 aliphatic carbocycles. The van der Waals surface area contributed by atoms with Gasteiger partial charge in [0.25, 0.3) is 0 Å². The molecule has 108 valence electrons. The van der Waals surface area contributed by atoms with E-state index in [1.165, 1.54) is 6.07 Å². The lowest BCUT2D eigenvalue weighted by Gasteiger charge is -2.21. The first-order chi connectivity index (χ1) is 9.29. The van der Waals surface area contributed by atoms with Crippen LogP contribution in [0.25, 0.3) is 0 Å². The van der Waals surface area contributed by atoms with Gasteiger partial charge in [0.05, 0.1) is 27.7 Å². The van der Waals surface area contributed by atoms with Crippen LogP contribution in [-0.2, 0) is 20.3 Å². The molecule has 0 spiro atoms. The lowest BCUT2D eigenvalue weighted by Crippen LogP contribution is -2.23. The van der Waals surface area contributed by atoms with E-state index in [1.54, 1.807) is 6.07 Å². The summed E-state index contributed by atoms with van der Waals surface area (Å²) in [5, 5.41) is 10.1. The molecule has 0 amide bonds. The Morgan fingerprint density at radius 1 is 1.30 bits per heavy atom. The number of hydrogen-bond donors (Lipinski definition) is 1. The van der Waals surface area contributed by atoms with E-state index < -0.39 is 21.7 Å². The number of fused-ring (bicyclic) bond motifs is 3. The molecule has 2 heterocycles. The largest absolute Gasteiger partial charge is 0.507 e. The average Bonchev–Trinajstić information content (AvgIpc) is 2.83. The van der Waals surface area contributed by atoms with Crippen molar-refractivity contribution in [1.29, 1.82) is 0 Å². The number of aromatic hydroxyl groups is 1. The number of rotatable bonds is 1. The van der Waals surface area contributed by atoms with Crippen molar-refractivity contribution < 1.29 is 23.6 Å². The van der Waals surface area contributed by atoms with Crippen molar-refractivity contribution in [1.82, 2.24) is 0 Å². The van der Waals surface area contributed by atoms with Crippen molar-refractivity contribution in [2.45, 2.75) is 49.0 Å². The van der Waals surface area contributed by atoms with Gasteiger partial charge in [-0.3, -0.25) is 9.00 Å². The summed E-state index contributed by atoms with van der Waals surface area (Å²) in [4.78, 5) is 11.7. The maximum atomic E-state index is 12.7. The molecule has 0 radical (unpaired) electrons. The zero-order chi connectivity index (χ0) is 14.7. The van der Waals surface area contributed by atoms with Crippen LogP contribution < -0.4 is 4.74 Å². The van der Waals surface area contributed by atoms with Gasteiger partial charge in [-0.1, -0.05) is 0 Å². The van der Waals surface area contributed by atoms with Crippen molar-refractivity contribution in [3.63, 3.8) is 0 Å². The lowest BCUT2D eigenvalue weighted by atomic mass is 10.1. The third-order valence-corrected chi connectivity index (χ3v) is 5.32.